The van der Waals surface area contributed by atoms with Crippen molar-refractivity contribution in [2.24, 2.45) is 0 Å². The number of aromatic nitrogens is 2. The molecule has 6 heteroatoms. The fourth-order valence-corrected chi connectivity index (χ4v) is 3.19. The van der Waals surface area contributed by atoms with Crippen molar-refractivity contribution < 1.29 is 8.42 Å². The second kappa shape index (κ2) is 4.76. The van der Waals surface area contributed by atoms with Crippen molar-refractivity contribution in [1.29, 1.82) is 0 Å². The van der Waals surface area contributed by atoms with Gasteiger partial charge in [0, 0.05) is 0 Å². The van der Waals surface area contributed by atoms with Crippen LogP contribution in [0.2, 0.25) is 0 Å². The van der Waals surface area contributed by atoms with Crippen molar-refractivity contribution >= 4 is 26.0 Å². The summed E-state index contributed by atoms with van der Waals surface area (Å²) in [6, 6.07) is 6.91. The molecule has 2 rings (SSSR count). The minimum atomic E-state index is -3.60. The Labute approximate surface area is 121 Å². The lowest BCUT2D eigenvalue weighted by molar-refractivity contribution is 0.577. The molecule has 0 unspecified atom stereocenters. The highest BCUT2D eigenvalue weighted by Gasteiger charge is 2.19. The van der Waals surface area contributed by atoms with E-state index in [0.717, 1.165) is 9.65 Å². The third-order valence-corrected chi connectivity index (χ3v) is 4.76. The van der Waals surface area contributed by atoms with E-state index in [1.807, 2.05) is 12.1 Å². The van der Waals surface area contributed by atoms with Crippen LogP contribution in [0.1, 0.15) is 26.3 Å². The summed E-state index contributed by atoms with van der Waals surface area (Å²) in [5, 5.41) is 3.82. The molecule has 1 aromatic carbocycles. The van der Waals surface area contributed by atoms with E-state index in [2.05, 4.69) is 41.8 Å². The third kappa shape index (κ3) is 2.90. The molecule has 0 spiro atoms. The van der Waals surface area contributed by atoms with Crippen molar-refractivity contribution in [3.63, 3.8) is 0 Å². The molecule has 2 aromatic rings. The normalized spacial score (nSPS) is 12.6. The lowest BCUT2D eigenvalue weighted by Gasteiger charge is -2.19. The van der Waals surface area contributed by atoms with E-state index >= 15 is 0 Å². The lowest BCUT2D eigenvalue weighted by atomic mass is 9.87. The first-order chi connectivity index (χ1) is 8.71. The van der Waals surface area contributed by atoms with Crippen LogP contribution in [0.15, 0.2) is 46.0 Å². The van der Waals surface area contributed by atoms with Gasteiger partial charge in [0.25, 0.3) is 10.0 Å². The number of benzene rings is 1. The number of hydrogen-bond donors (Lipinski definition) is 0. The van der Waals surface area contributed by atoms with Gasteiger partial charge in [-0.15, -0.1) is 0 Å². The van der Waals surface area contributed by atoms with E-state index in [1.165, 1.54) is 12.4 Å². The highest BCUT2D eigenvalue weighted by Crippen LogP contribution is 2.24. The Bertz CT molecular complexity index is 682. The van der Waals surface area contributed by atoms with E-state index < -0.39 is 10.0 Å². The Hall–Kier alpha value is -1.14. The van der Waals surface area contributed by atoms with Crippen LogP contribution in [0.25, 0.3) is 0 Å². The second-order valence-corrected chi connectivity index (χ2v) is 8.02. The summed E-state index contributed by atoms with van der Waals surface area (Å²) in [6.45, 7) is 6.25. The molecule has 0 bridgehead atoms. The van der Waals surface area contributed by atoms with Gasteiger partial charge in [-0.1, -0.05) is 32.9 Å². The Kier molecular flexibility index (Phi) is 3.57. The molecule has 0 aliphatic carbocycles. The molecule has 0 atom stereocenters. The molecule has 0 aliphatic heterocycles. The maximum absolute atomic E-state index is 12.3. The summed E-state index contributed by atoms with van der Waals surface area (Å²) in [5.41, 5.74) is 1.09. The van der Waals surface area contributed by atoms with Gasteiger partial charge in [0.05, 0.1) is 21.8 Å². The lowest BCUT2D eigenvalue weighted by Crippen LogP contribution is -2.15. The summed E-state index contributed by atoms with van der Waals surface area (Å²) in [5.74, 6) is 0. The van der Waals surface area contributed by atoms with Gasteiger partial charge < -0.3 is 0 Å². The van der Waals surface area contributed by atoms with Crippen LogP contribution < -0.4 is 0 Å². The minimum Gasteiger partial charge on any atom is -0.199 e. The zero-order valence-electron chi connectivity index (χ0n) is 11.0. The second-order valence-electron chi connectivity index (χ2n) is 5.31. The number of hydrogen-bond acceptors (Lipinski definition) is 3. The molecule has 1 heterocycles. The quantitative estimate of drug-likeness (QED) is 0.842. The van der Waals surface area contributed by atoms with Gasteiger partial charge in [0.15, 0.2) is 0 Å². The summed E-state index contributed by atoms with van der Waals surface area (Å²) >= 11 is 3.19. The molecule has 0 saturated heterocycles. The minimum absolute atomic E-state index is 0.00296. The number of halogens is 1. The highest BCUT2D eigenvalue weighted by atomic mass is 79.9. The monoisotopic (exact) mass is 342 g/mol. The predicted molar refractivity (Wildman–Crippen MR) is 77.7 cm³/mol. The fraction of sp³-hybridized carbons (Fsp3) is 0.308. The van der Waals surface area contributed by atoms with E-state index in [-0.39, 0.29) is 10.3 Å². The van der Waals surface area contributed by atoms with Gasteiger partial charge in [-0.3, -0.25) is 0 Å². The summed E-state index contributed by atoms with van der Waals surface area (Å²) < 4.78 is 26.2. The Morgan fingerprint density at radius 3 is 2.16 bits per heavy atom. The summed E-state index contributed by atoms with van der Waals surface area (Å²) in [6.07, 6.45) is 2.87. The molecule has 4 nitrogen and oxygen atoms in total. The van der Waals surface area contributed by atoms with E-state index in [9.17, 15) is 8.42 Å². The van der Waals surface area contributed by atoms with E-state index in [4.69, 9.17) is 0 Å². The molecule has 102 valence electrons. The Morgan fingerprint density at radius 2 is 1.74 bits per heavy atom. The first kappa shape index (κ1) is 14.3. The van der Waals surface area contributed by atoms with Crippen LogP contribution in [-0.2, 0) is 15.4 Å². The molecule has 19 heavy (non-hydrogen) atoms. The zero-order valence-corrected chi connectivity index (χ0v) is 13.4. The van der Waals surface area contributed by atoms with Crippen molar-refractivity contribution in [2.75, 3.05) is 0 Å². The highest BCUT2D eigenvalue weighted by molar-refractivity contribution is 9.10. The Morgan fingerprint density at radius 1 is 1.16 bits per heavy atom. The van der Waals surface area contributed by atoms with Gasteiger partial charge in [0.2, 0.25) is 0 Å². The molecular weight excluding hydrogens is 328 g/mol. The van der Waals surface area contributed by atoms with Crippen LogP contribution in [0.5, 0.6) is 0 Å². The van der Waals surface area contributed by atoms with Gasteiger partial charge in [-0.2, -0.15) is 17.6 Å². The Balaban J connectivity index is 2.43. The largest absolute Gasteiger partial charge is 0.282 e. The maximum Gasteiger partial charge on any atom is 0.282 e. The van der Waals surface area contributed by atoms with Crippen molar-refractivity contribution in [3.05, 3.63) is 46.7 Å². The van der Waals surface area contributed by atoms with Crippen molar-refractivity contribution in [2.45, 2.75) is 31.1 Å². The van der Waals surface area contributed by atoms with Crippen molar-refractivity contribution in [1.82, 2.24) is 9.19 Å². The molecule has 0 saturated carbocycles. The predicted octanol–water partition coefficient (Wildman–Crippen LogP) is 3.18. The standard InChI is InChI=1S/C13H15BrN2O2S/c1-13(2,3)10-4-6-12(7-5-10)19(17,18)16-9-11(14)8-15-16/h4-9H,1-3H3. The molecule has 0 radical (unpaired) electrons. The average molecular weight is 343 g/mol. The molecule has 0 fully saturated rings. The smallest absolute Gasteiger partial charge is 0.199 e. The molecule has 0 N–H and O–H groups in total. The first-order valence-corrected chi connectivity index (χ1v) is 8.01. The topological polar surface area (TPSA) is 52.0 Å². The van der Waals surface area contributed by atoms with Crippen LogP contribution in [0, 0.1) is 0 Å². The van der Waals surface area contributed by atoms with Crippen molar-refractivity contribution in [3.8, 4) is 0 Å². The SMILES string of the molecule is CC(C)(C)c1ccc(S(=O)(=O)n2cc(Br)cn2)cc1. The van der Waals surface area contributed by atoms with Gasteiger partial charge >= 0.3 is 0 Å². The molecule has 0 aliphatic rings. The molecular formula is C13H15BrN2O2S. The van der Waals surface area contributed by atoms with Gasteiger partial charge in [-0.25, -0.2) is 0 Å². The number of nitrogens with zero attached hydrogens (tertiary/aromatic N) is 2. The van der Waals surface area contributed by atoms with Crippen LogP contribution in [0.4, 0.5) is 0 Å². The molecule has 1 aromatic heterocycles. The van der Waals surface area contributed by atoms with E-state index in [0.29, 0.717) is 4.47 Å². The summed E-state index contributed by atoms with van der Waals surface area (Å²) in [7, 11) is -3.60. The summed E-state index contributed by atoms with van der Waals surface area (Å²) in [4.78, 5) is 0.233. The van der Waals surface area contributed by atoms with Gasteiger partial charge in [0.1, 0.15) is 0 Å². The van der Waals surface area contributed by atoms with Crippen LogP contribution in [0.3, 0.4) is 0 Å². The average Bonchev–Trinajstić information content (AvgIpc) is 2.76. The first-order valence-electron chi connectivity index (χ1n) is 5.77. The van der Waals surface area contributed by atoms with Crippen LogP contribution in [-0.4, -0.2) is 17.6 Å². The van der Waals surface area contributed by atoms with Gasteiger partial charge in [-0.05, 0) is 39.0 Å². The van der Waals surface area contributed by atoms with Crippen LogP contribution >= 0.6 is 15.9 Å². The van der Waals surface area contributed by atoms with E-state index in [1.54, 1.807) is 12.1 Å². The maximum atomic E-state index is 12.3. The molecule has 0 amide bonds. The number of rotatable bonds is 2. The third-order valence-electron chi connectivity index (χ3n) is 2.79. The fourth-order valence-electron chi connectivity index (χ4n) is 1.65. The zero-order chi connectivity index (χ0) is 14.3.